The Bertz CT molecular complexity index is 1420. The molecular formula is C29H28F7N3O3. The molecule has 1 aromatic heterocycles. The molecular weight excluding hydrogens is 571 g/mol. The highest BCUT2D eigenvalue weighted by Crippen LogP contribution is 2.41. The standard InChI is InChI=1S/C29H28F7N3O3/c1-27(2,17-10-18(28(31,32)33)12-19(11-17)29(34,35)36)26(42)38(3)22-14-37-25(39-9-8-24(41)23(39)15-40)13-21(22)16-4-6-20(30)7-5-16/h4-7,10-14,23-24,40-41H,8-9,15H2,1-3H3/t23-,24+/m1/s1. The van der Waals surface area contributed by atoms with Gasteiger partial charge in [0.1, 0.15) is 11.6 Å². The molecule has 2 aromatic carbocycles. The van der Waals surface area contributed by atoms with Crippen molar-refractivity contribution in [3.8, 4) is 11.1 Å². The highest BCUT2D eigenvalue weighted by atomic mass is 19.4. The summed E-state index contributed by atoms with van der Waals surface area (Å²) in [6.45, 7) is 2.44. The molecule has 2 atom stereocenters. The Labute approximate surface area is 237 Å². The van der Waals surface area contributed by atoms with Gasteiger partial charge in [-0.25, -0.2) is 9.37 Å². The van der Waals surface area contributed by atoms with Crippen molar-refractivity contribution in [2.45, 2.75) is 50.2 Å². The number of pyridine rings is 1. The van der Waals surface area contributed by atoms with Gasteiger partial charge in [-0.2, -0.15) is 26.3 Å². The van der Waals surface area contributed by atoms with Gasteiger partial charge in [-0.1, -0.05) is 12.1 Å². The summed E-state index contributed by atoms with van der Waals surface area (Å²) in [6, 6.07) is 7.20. The number of rotatable bonds is 6. The number of aromatic nitrogens is 1. The lowest BCUT2D eigenvalue weighted by molar-refractivity contribution is -0.143. The van der Waals surface area contributed by atoms with Gasteiger partial charge in [0.05, 0.1) is 47.2 Å². The third-order valence-electron chi connectivity index (χ3n) is 7.53. The van der Waals surface area contributed by atoms with Gasteiger partial charge in [0, 0.05) is 19.2 Å². The van der Waals surface area contributed by atoms with Crippen molar-refractivity contribution in [1.82, 2.24) is 4.98 Å². The maximum absolute atomic E-state index is 13.8. The second-order valence-corrected chi connectivity index (χ2v) is 10.6. The normalized spacial score (nSPS) is 18.0. The highest BCUT2D eigenvalue weighted by Gasteiger charge is 2.41. The van der Waals surface area contributed by atoms with Gasteiger partial charge in [-0.3, -0.25) is 4.79 Å². The van der Waals surface area contributed by atoms with E-state index in [1.807, 2.05) is 0 Å². The quantitative estimate of drug-likeness (QED) is 0.351. The SMILES string of the molecule is CN(C(=O)C(C)(C)c1cc(C(F)(F)F)cc(C(F)(F)F)c1)c1cnc(N2CC[C@H](O)[C@H]2CO)cc1-c1ccc(F)cc1. The van der Waals surface area contributed by atoms with Crippen LogP contribution in [0.15, 0.2) is 54.7 Å². The fourth-order valence-corrected chi connectivity index (χ4v) is 5.03. The minimum absolute atomic E-state index is 0.00199. The molecule has 0 bridgehead atoms. The summed E-state index contributed by atoms with van der Waals surface area (Å²) < 4.78 is 94.9. The van der Waals surface area contributed by atoms with Gasteiger partial charge in [0.2, 0.25) is 5.91 Å². The Kier molecular flexibility index (Phi) is 8.31. The van der Waals surface area contributed by atoms with E-state index in [1.165, 1.54) is 51.4 Å². The van der Waals surface area contributed by atoms with Crippen LogP contribution in [0.25, 0.3) is 11.1 Å². The third kappa shape index (κ3) is 6.07. The Morgan fingerprint density at radius 3 is 2.05 bits per heavy atom. The Morgan fingerprint density at radius 1 is 0.976 bits per heavy atom. The minimum atomic E-state index is -5.09. The first-order valence-electron chi connectivity index (χ1n) is 12.8. The Hall–Kier alpha value is -3.71. The van der Waals surface area contributed by atoms with Crippen molar-refractivity contribution < 1.29 is 45.7 Å². The molecule has 0 aliphatic carbocycles. The van der Waals surface area contributed by atoms with Crippen molar-refractivity contribution in [3.05, 3.63) is 77.2 Å². The summed E-state index contributed by atoms with van der Waals surface area (Å²) in [7, 11) is 1.31. The van der Waals surface area contributed by atoms with Crippen LogP contribution >= 0.6 is 0 Å². The van der Waals surface area contributed by atoms with Crippen molar-refractivity contribution in [1.29, 1.82) is 0 Å². The smallest absolute Gasteiger partial charge is 0.394 e. The molecule has 13 heteroatoms. The first kappa shape index (κ1) is 31.2. The maximum atomic E-state index is 13.8. The van der Waals surface area contributed by atoms with E-state index in [2.05, 4.69) is 4.98 Å². The molecule has 42 heavy (non-hydrogen) atoms. The fourth-order valence-electron chi connectivity index (χ4n) is 5.03. The van der Waals surface area contributed by atoms with Crippen LogP contribution in [-0.2, 0) is 22.6 Å². The van der Waals surface area contributed by atoms with Crippen LogP contribution in [0.1, 0.15) is 37.0 Å². The predicted octanol–water partition coefficient (Wildman–Crippen LogP) is 5.80. The number of amides is 1. The predicted molar refractivity (Wildman–Crippen MR) is 141 cm³/mol. The van der Waals surface area contributed by atoms with Gasteiger partial charge in [-0.05, 0) is 67.8 Å². The Morgan fingerprint density at radius 2 is 1.52 bits per heavy atom. The zero-order valence-electron chi connectivity index (χ0n) is 22.8. The number of likely N-dealkylation sites (N-methyl/N-ethyl adjacent to an activating group) is 1. The fraction of sp³-hybridized carbons (Fsp3) is 0.379. The van der Waals surface area contributed by atoms with Crippen LogP contribution in [0.3, 0.4) is 0 Å². The van der Waals surface area contributed by atoms with Crippen molar-refractivity contribution >= 4 is 17.4 Å². The average Bonchev–Trinajstić information content (AvgIpc) is 3.31. The van der Waals surface area contributed by atoms with Crippen LogP contribution < -0.4 is 9.80 Å². The second-order valence-electron chi connectivity index (χ2n) is 10.6. The number of nitrogens with zero attached hydrogens (tertiary/aromatic N) is 3. The lowest BCUT2D eigenvalue weighted by atomic mass is 9.81. The number of benzene rings is 2. The first-order valence-corrected chi connectivity index (χ1v) is 12.8. The summed E-state index contributed by atoms with van der Waals surface area (Å²) in [5.74, 6) is -1.03. The van der Waals surface area contributed by atoms with Gasteiger partial charge in [0.15, 0.2) is 0 Å². The molecule has 0 spiro atoms. The minimum Gasteiger partial charge on any atom is -0.394 e. The molecule has 4 rings (SSSR count). The largest absolute Gasteiger partial charge is 0.416 e. The number of anilines is 2. The molecule has 1 amide bonds. The van der Waals surface area contributed by atoms with E-state index in [9.17, 15) is 45.7 Å². The number of carbonyl (C=O) groups excluding carboxylic acids is 1. The van der Waals surface area contributed by atoms with Gasteiger partial charge in [-0.15, -0.1) is 0 Å². The molecule has 1 aliphatic rings. The molecule has 0 radical (unpaired) electrons. The molecule has 0 unspecified atom stereocenters. The summed E-state index contributed by atoms with van der Waals surface area (Å²) in [5, 5.41) is 20.0. The lowest BCUT2D eigenvalue weighted by Crippen LogP contribution is -2.42. The van der Waals surface area contributed by atoms with E-state index >= 15 is 0 Å². The number of aliphatic hydroxyl groups excluding tert-OH is 2. The van der Waals surface area contributed by atoms with Crippen molar-refractivity contribution in [2.75, 3.05) is 30.0 Å². The maximum Gasteiger partial charge on any atom is 0.416 e. The molecule has 1 aliphatic heterocycles. The number of hydrogen-bond donors (Lipinski definition) is 2. The number of alkyl halides is 6. The van der Waals surface area contributed by atoms with Gasteiger partial charge in [0.25, 0.3) is 0 Å². The second kappa shape index (κ2) is 11.2. The van der Waals surface area contributed by atoms with Crippen LogP contribution in [0.5, 0.6) is 0 Å². The molecule has 0 saturated carbocycles. The molecule has 2 N–H and O–H groups in total. The average molecular weight is 600 g/mol. The molecule has 1 saturated heterocycles. The number of carbonyl (C=O) groups is 1. The van der Waals surface area contributed by atoms with E-state index in [0.717, 1.165) is 4.90 Å². The van der Waals surface area contributed by atoms with Crippen LogP contribution in [0, 0.1) is 5.82 Å². The molecule has 226 valence electrons. The van der Waals surface area contributed by atoms with E-state index < -0.39 is 58.3 Å². The van der Waals surface area contributed by atoms with Crippen LogP contribution in [0.4, 0.5) is 42.2 Å². The number of hydrogen-bond acceptors (Lipinski definition) is 5. The van der Waals surface area contributed by atoms with E-state index in [4.69, 9.17) is 0 Å². The zero-order valence-corrected chi connectivity index (χ0v) is 22.8. The van der Waals surface area contributed by atoms with Crippen molar-refractivity contribution in [3.63, 3.8) is 0 Å². The zero-order chi connectivity index (χ0) is 31.2. The topological polar surface area (TPSA) is 76.9 Å². The monoisotopic (exact) mass is 599 g/mol. The number of halogens is 7. The number of aliphatic hydroxyl groups is 2. The highest BCUT2D eigenvalue weighted by molar-refractivity contribution is 6.03. The molecule has 2 heterocycles. The van der Waals surface area contributed by atoms with E-state index in [1.54, 1.807) is 11.0 Å². The third-order valence-corrected chi connectivity index (χ3v) is 7.53. The van der Waals surface area contributed by atoms with E-state index in [0.29, 0.717) is 42.0 Å². The van der Waals surface area contributed by atoms with E-state index in [-0.39, 0.29) is 18.4 Å². The van der Waals surface area contributed by atoms with Crippen molar-refractivity contribution in [2.24, 2.45) is 0 Å². The molecule has 3 aromatic rings. The summed E-state index contributed by atoms with van der Waals surface area (Å²) in [4.78, 5) is 20.9. The van der Waals surface area contributed by atoms with Crippen LogP contribution in [-0.4, -0.2) is 53.4 Å². The first-order chi connectivity index (χ1) is 19.4. The van der Waals surface area contributed by atoms with Gasteiger partial charge >= 0.3 is 12.4 Å². The lowest BCUT2D eigenvalue weighted by Gasteiger charge is -2.32. The Balaban J connectivity index is 1.81. The summed E-state index contributed by atoms with van der Waals surface area (Å²) in [5.41, 5.74) is -4.51. The summed E-state index contributed by atoms with van der Waals surface area (Å²) >= 11 is 0. The van der Waals surface area contributed by atoms with Crippen LogP contribution in [0.2, 0.25) is 0 Å². The summed E-state index contributed by atoms with van der Waals surface area (Å²) in [6.07, 6.45) is -9.33. The molecule has 6 nitrogen and oxygen atoms in total. The van der Waals surface area contributed by atoms with Gasteiger partial charge < -0.3 is 20.0 Å². The molecule has 1 fully saturated rings.